The maximum atomic E-state index is 12.6. The number of alkyl halides is 3. The van der Waals surface area contributed by atoms with Crippen LogP contribution >= 0.6 is 0 Å². The molecule has 1 aliphatic rings. The van der Waals surface area contributed by atoms with E-state index < -0.39 is 11.7 Å². The Balaban J connectivity index is 1.47. The first-order valence-electron chi connectivity index (χ1n) is 7.83. The van der Waals surface area contributed by atoms with Gasteiger partial charge in [0.15, 0.2) is 11.5 Å². The van der Waals surface area contributed by atoms with Gasteiger partial charge in [-0.1, -0.05) is 0 Å². The van der Waals surface area contributed by atoms with E-state index in [4.69, 9.17) is 0 Å². The number of fused-ring (bicyclic) bond motifs is 1. The number of pyridine rings is 1. The molecule has 130 valence electrons. The second-order valence-corrected chi connectivity index (χ2v) is 5.79. The van der Waals surface area contributed by atoms with Gasteiger partial charge in [0.05, 0.1) is 5.56 Å². The Labute approximate surface area is 141 Å². The number of hydrogen-bond donors (Lipinski definition) is 0. The highest BCUT2D eigenvalue weighted by Crippen LogP contribution is 2.29. The fourth-order valence-electron chi connectivity index (χ4n) is 2.95. The molecule has 1 aliphatic heterocycles. The summed E-state index contributed by atoms with van der Waals surface area (Å²) in [5.74, 6) is 1.37. The van der Waals surface area contributed by atoms with Crippen molar-refractivity contribution in [1.29, 1.82) is 0 Å². The van der Waals surface area contributed by atoms with Crippen LogP contribution in [0.15, 0.2) is 43.1 Å². The summed E-state index contributed by atoms with van der Waals surface area (Å²) in [6.07, 6.45) is 3.68. The molecule has 4 rings (SSSR count). The summed E-state index contributed by atoms with van der Waals surface area (Å²) in [5, 5.41) is 0. The summed E-state index contributed by atoms with van der Waals surface area (Å²) in [6, 6.07) is 2.49. The number of imidazole rings is 1. The summed E-state index contributed by atoms with van der Waals surface area (Å²) in [7, 11) is 0. The Morgan fingerprint density at radius 1 is 0.840 bits per heavy atom. The first kappa shape index (κ1) is 15.7. The normalized spacial score (nSPS) is 15.8. The number of aromatic nitrogens is 4. The molecule has 25 heavy (non-hydrogen) atoms. The molecule has 1 fully saturated rings. The summed E-state index contributed by atoms with van der Waals surface area (Å²) < 4.78 is 39.8. The molecule has 0 bridgehead atoms. The Hall–Kier alpha value is -2.84. The maximum absolute atomic E-state index is 12.6. The fraction of sp³-hybridized carbons (Fsp3) is 0.312. The van der Waals surface area contributed by atoms with Crippen molar-refractivity contribution in [2.45, 2.75) is 6.18 Å². The Kier molecular flexibility index (Phi) is 3.70. The van der Waals surface area contributed by atoms with Gasteiger partial charge < -0.3 is 14.2 Å². The zero-order valence-electron chi connectivity index (χ0n) is 13.2. The van der Waals surface area contributed by atoms with Crippen LogP contribution in [0.25, 0.3) is 5.65 Å². The molecule has 3 aromatic heterocycles. The van der Waals surface area contributed by atoms with Gasteiger partial charge in [0.1, 0.15) is 5.82 Å². The molecule has 6 nitrogen and oxygen atoms in total. The van der Waals surface area contributed by atoms with Crippen LogP contribution in [0, 0.1) is 0 Å². The zero-order chi connectivity index (χ0) is 17.4. The molecule has 0 aromatic carbocycles. The smallest absolute Gasteiger partial charge is 0.353 e. The summed E-state index contributed by atoms with van der Waals surface area (Å²) in [4.78, 5) is 16.8. The van der Waals surface area contributed by atoms with Gasteiger partial charge in [-0.05, 0) is 12.1 Å². The molecule has 1 saturated heterocycles. The third kappa shape index (κ3) is 2.97. The van der Waals surface area contributed by atoms with Crippen LogP contribution in [0.2, 0.25) is 0 Å². The third-order valence-corrected chi connectivity index (χ3v) is 4.27. The number of anilines is 2. The van der Waals surface area contributed by atoms with Crippen LogP contribution in [0.1, 0.15) is 5.56 Å². The van der Waals surface area contributed by atoms with E-state index in [0.717, 1.165) is 23.7 Å². The number of rotatable bonds is 2. The Morgan fingerprint density at radius 3 is 2.16 bits per heavy atom. The quantitative estimate of drug-likeness (QED) is 0.712. The van der Waals surface area contributed by atoms with E-state index in [-0.39, 0.29) is 0 Å². The monoisotopic (exact) mass is 348 g/mol. The lowest BCUT2D eigenvalue weighted by Crippen LogP contribution is -2.47. The molecule has 0 N–H and O–H groups in total. The summed E-state index contributed by atoms with van der Waals surface area (Å²) >= 11 is 0. The molecule has 0 unspecified atom stereocenters. The second-order valence-electron chi connectivity index (χ2n) is 5.79. The molecule has 4 heterocycles. The van der Waals surface area contributed by atoms with Gasteiger partial charge in [-0.15, -0.1) is 0 Å². The van der Waals surface area contributed by atoms with Crippen molar-refractivity contribution in [3.05, 3.63) is 48.7 Å². The summed E-state index contributed by atoms with van der Waals surface area (Å²) in [6.45, 7) is 2.70. The largest absolute Gasteiger partial charge is 0.417 e. The third-order valence-electron chi connectivity index (χ3n) is 4.27. The van der Waals surface area contributed by atoms with Crippen molar-refractivity contribution in [2.75, 3.05) is 36.0 Å². The molecule has 0 atom stereocenters. The van der Waals surface area contributed by atoms with Gasteiger partial charge in [0.2, 0.25) is 0 Å². The van der Waals surface area contributed by atoms with Crippen LogP contribution in [0.4, 0.5) is 24.8 Å². The minimum Gasteiger partial charge on any atom is -0.353 e. The first-order valence-corrected chi connectivity index (χ1v) is 7.83. The predicted octanol–water partition coefficient (Wildman–Crippen LogP) is 2.47. The van der Waals surface area contributed by atoms with E-state index in [1.807, 2.05) is 21.7 Å². The van der Waals surface area contributed by atoms with Crippen molar-refractivity contribution in [2.24, 2.45) is 0 Å². The zero-order valence-corrected chi connectivity index (χ0v) is 13.2. The highest BCUT2D eigenvalue weighted by molar-refractivity contribution is 5.64. The lowest BCUT2D eigenvalue weighted by atomic mass is 10.2. The molecule has 9 heteroatoms. The van der Waals surface area contributed by atoms with E-state index in [9.17, 15) is 13.2 Å². The van der Waals surface area contributed by atoms with Crippen molar-refractivity contribution in [1.82, 2.24) is 19.4 Å². The topological polar surface area (TPSA) is 49.6 Å². The van der Waals surface area contributed by atoms with Gasteiger partial charge >= 0.3 is 6.18 Å². The number of halogens is 3. The van der Waals surface area contributed by atoms with Crippen molar-refractivity contribution < 1.29 is 13.2 Å². The second kappa shape index (κ2) is 5.91. The highest BCUT2D eigenvalue weighted by atomic mass is 19.4. The Morgan fingerprint density at radius 2 is 1.52 bits per heavy atom. The average Bonchev–Trinajstić information content (AvgIpc) is 3.10. The van der Waals surface area contributed by atoms with E-state index in [1.165, 1.54) is 6.07 Å². The molecule has 0 spiro atoms. The molecular weight excluding hydrogens is 333 g/mol. The van der Waals surface area contributed by atoms with Gasteiger partial charge in [-0.3, -0.25) is 0 Å². The molecule has 0 aliphatic carbocycles. The highest BCUT2D eigenvalue weighted by Gasteiger charge is 2.31. The minimum absolute atomic E-state index is 0.555. The van der Waals surface area contributed by atoms with Crippen molar-refractivity contribution in [3.63, 3.8) is 0 Å². The number of hydrogen-bond acceptors (Lipinski definition) is 5. The minimum atomic E-state index is -4.36. The predicted molar refractivity (Wildman–Crippen MR) is 86.7 cm³/mol. The Bertz CT molecular complexity index is 865. The van der Waals surface area contributed by atoms with Gasteiger partial charge in [-0.25, -0.2) is 15.0 Å². The van der Waals surface area contributed by atoms with E-state index in [0.29, 0.717) is 32.0 Å². The molecule has 3 aromatic rings. The van der Waals surface area contributed by atoms with E-state index >= 15 is 0 Å². The van der Waals surface area contributed by atoms with Crippen molar-refractivity contribution in [3.8, 4) is 0 Å². The molecule has 0 radical (unpaired) electrons. The van der Waals surface area contributed by atoms with Gasteiger partial charge in [0, 0.05) is 57.2 Å². The number of nitrogens with zero attached hydrogens (tertiary/aromatic N) is 6. The van der Waals surface area contributed by atoms with Crippen LogP contribution < -0.4 is 9.80 Å². The van der Waals surface area contributed by atoms with Crippen LogP contribution in [0.5, 0.6) is 0 Å². The standard InChI is InChI=1S/C16H15F3N6/c17-16(18,19)12-1-2-13(22-11-12)23-7-9-25(10-8-23)15-14-20-3-5-24(14)6-4-21-15/h1-6,11H,7-10H2. The van der Waals surface area contributed by atoms with E-state index in [2.05, 4.69) is 19.9 Å². The van der Waals surface area contributed by atoms with Crippen LogP contribution in [0.3, 0.4) is 0 Å². The average molecular weight is 348 g/mol. The van der Waals surface area contributed by atoms with Gasteiger partial charge in [0.25, 0.3) is 0 Å². The van der Waals surface area contributed by atoms with Crippen LogP contribution in [-0.2, 0) is 6.18 Å². The van der Waals surface area contributed by atoms with Crippen LogP contribution in [-0.4, -0.2) is 45.5 Å². The number of piperazine rings is 1. The lowest BCUT2D eigenvalue weighted by Gasteiger charge is -2.36. The molecule has 0 amide bonds. The molecule has 0 saturated carbocycles. The fourth-order valence-corrected chi connectivity index (χ4v) is 2.95. The SMILES string of the molecule is FC(F)(F)c1ccc(N2CCN(c3nccn4ccnc34)CC2)nc1. The molecular formula is C16H15F3N6. The maximum Gasteiger partial charge on any atom is 0.417 e. The van der Waals surface area contributed by atoms with Gasteiger partial charge in [-0.2, -0.15) is 13.2 Å². The van der Waals surface area contributed by atoms with Crippen molar-refractivity contribution >= 4 is 17.3 Å². The first-order chi connectivity index (χ1) is 12.0. The van der Waals surface area contributed by atoms with E-state index in [1.54, 1.807) is 12.4 Å². The lowest BCUT2D eigenvalue weighted by molar-refractivity contribution is -0.137. The summed E-state index contributed by atoms with van der Waals surface area (Å²) in [5.41, 5.74) is 0.0636.